The van der Waals surface area contributed by atoms with E-state index in [2.05, 4.69) is 6.07 Å². The summed E-state index contributed by atoms with van der Waals surface area (Å²) < 4.78 is 0.478. The highest BCUT2D eigenvalue weighted by Gasteiger charge is 2.21. The maximum absolute atomic E-state index is 6.11. The zero-order valence-electron chi connectivity index (χ0n) is 6.80. The Kier molecular flexibility index (Phi) is 3.36. The fourth-order valence-corrected chi connectivity index (χ4v) is 4.70. The van der Waals surface area contributed by atoms with Crippen LogP contribution in [0.15, 0.2) is 18.2 Å². The quantitative estimate of drug-likeness (QED) is 0.722. The SMILES string of the molecule is Clc1cccc(C2SCCS2)c1Cl. The van der Waals surface area contributed by atoms with Gasteiger partial charge in [0.25, 0.3) is 0 Å². The van der Waals surface area contributed by atoms with Crippen LogP contribution in [0.3, 0.4) is 0 Å². The maximum Gasteiger partial charge on any atom is 0.0766 e. The molecular weight excluding hydrogens is 243 g/mol. The molecule has 2 rings (SSSR count). The van der Waals surface area contributed by atoms with Crippen LogP contribution in [0.2, 0.25) is 10.0 Å². The Morgan fingerprint density at radius 3 is 2.54 bits per heavy atom. The zero-order chi connectivity index (χ0) is 9.26. The van der Waals surface area contributed by atoms with Gasteiger partial charge in [-0.1, -0.05) is 35.3 Å². The van der Waals surface area contributed by atoms with Crippen molar-refractivity contribution in [2.75, 3.05) is 11.5 Å². The Hall–Kier alpha value is 0.500. The van der Waals surface area contributed by atoms with Gasteiger partial charge in [-0.25, -0.2) is 0 Å². The van der Waals surface area contributed by atoms with Gasteiger partial charge >= 0.3 is 0 Å². The predicted octanol–water partition coefficient (Wildman–Crippen LogP) is 4.47. The van der Waals surface area contributed by atoms with Crippen LogP contribution in [-0.4, -0.2) is 11.5 Å². The molecule has 0 unspecified atom stereocenters. The molecule has 0 radical (unpaired) electrons. The molecule has 0 aromatic heterocycles. The molecule has 13 heavy (non-hydrogen) atoms. The Morgan fingerprint density at radius 2 is 1.85 bits per heavy atom. The molecule has 0 bridgehead atoms. The van der Waals surface area contributed by atoms with E-state index in [0.717, 1.165) is 5.02 Å². The van der Waals surface area contributed by atoms with Crippen molar-refractivity contribution in [2.24, 2.45) is 0 Å². The van der Waals surface area contributed by atoms with Gasteiger partial charge in [-0.3, -0.25) is 0 Å². The van der Waals surface area contributed by atoms with Gasteiger partial charge in [-0.15, -0.1) is 23.5 Å². The Balaban J connectivity index is 2.33. The molecule has 1 aliphatic rings. The fourth-order valence-electron chi connectivity index (χ4n) is 1.24. The molecule has 0 amide bonds. The Morgan fingerprint density at radius 1 is 1.15 bits per heavy atom. The highest BCUT2D eigenvalue weighted by Crippen LogP contribution is 2.48. The standard InChI is InChI=1S/C9H8Cl2S2/c10-7-3-1-2-6(8(7)11)9-12-4-5-13-9/h1-3,9H,4-5H2. The van der Waals surface area contributed by atoms with E-state index in [9.17, 15) is 0 Å². The van der Waals surface area contributed by atoms with Crippen molar-refractivity contribution >= 4 is 46.7 Å². The second-order valence-electron chi connectivity index (χ2n) is 2.72. The third-order valence-corrected chi connectivity index (χ3v) is 5.76. The summed E-state index contributed by atoms with van der Waals surface area (Å²) in [5.41, 5.74) is 1.17. The Labute approximate surface area is 96.4 Å². The van der Waals surface area contributed by atoms with Crippen LogP contribution < -0.4 is 0 Å². The fraction of sp³-hybridized carbons (Fsp3) is 0.333. The maximum atomic E-state index is 6.11. The summed E-state index contributed by atoms with van der Waals surface area (Å²) >= 11 is 15.9. The van der Waals surface area contributed by atoms with Crippen LogP contribution in [0.25, 0.3) is 0 Å². The van der Waals surface area contributed by atoms with Crippen molar-refractivity contribution in [3.05, 3.63) is 33.8 Å². The number of hydrogen-bond donors (Lipinski definition) is 0. The van der Waals surface area contributed by atoms with Crippen molar-refractivity contribution in [3.8, 4) is 0 Å². The summed E-state index contributed by atoms with van der Waals surface area (Å²) in [6, 6.07) is 5.85. The van der Waals surface area contributed by atoms with E-state index in [1.807, 2.05) is 35.7 Å². The second kappa shape index (κ2) is 4.35. The number of thioether (sulfide) groups is 2. The lowest BCUT2D eigenvalue weighted by atomic mass is 10.2. The number of hydrogen-bond acceptors (Lipinski definition) is 2. The molecule has 0 spiro atoms. The van der Waals surface area contributed by atoms with Crippen molar-refractivity contribution in [3.63, 3.8) is 0 Å². The third-order valence-electron chi connectivity index (χ3n) is 1.86. The molecule has 1 aromatic rings. The summed E-state index contributed by atoms with van der Waals surface area (Å²) in [5, 5.41) is 1.38. The van der Waals surface area contributed by atoms with E-state index in [4.69, 9.17) is 23.2 Å². The van der Waals surface area contributed by atoms with Crippen molar-refractivity contribution in [1.82, 2.24) is 0 Å². The highest BCUT2D eigenvalue weighted by atomic mass is 35.5. The topological polar surface area (TPSA) is 0 Å². The van der Waals surface area contributed by atoms with Crippen molar-refractivity contribution < 1.29 is 0 Å². The lowest BCUT2D eigenvalue weighted by Gasteiger charge is -2.10. The van der Waals surface area contributed by atoms with Crippen LogP contribution >= 0.6 is 46.7 Å². The number of rotatable bonds is 1. The average molecular weight is 251 g/mol. The largest absolute Gasteiger partial charge is 0.142 e. The van der Waals surface area contributed by atoms with Gasteiger partial charge in [0.05, 0.1) is 14.6 Å². The molecule has 4 heteroatoms. The molecule has 1 aromatic carbocycles. The van der Waals surface area contributed by atoms with Gasteiger partial charge in [-0.05, 0) is 11.6 Å². The third kappa shape index (κ3) is 2.12. The second-order valence-corrected chi connectivity index (χ2v) is 6.23. The van der Waals surface area contributed by atoms with Crippen molar-refractivity contribution in [2.45, 2.75) is 4.58 Å². The van der Waals surface area contributed by atoms with E-state index in [1.54, 1.807) is 0 Å². The summed E-state index contributed by atoms with van der Waals surface area (Å²) in [5.74, 6) is 2.41. The van der Waals surface area contributed by atoms with E-state index in [1.165, 1.54) is 17.1 Å². The minimum atomic E-state index is 0.478. The smallest absolute Gasteiger partial charge is 0.0766 e. The van der Waals surface area contributed by atoms with E-state index in [-0.39, 0.29) is 0 Å². The van der Waals surface area contributed by atoms with Crippen LogP contribution in [0.4, 0.5) is 0 Å². The highest BCUT2D eigenvalue weighted by molar-refractivity contribution is 8.19. The molecule has 1 aliphatic heterocycles. The summed E-state index contributed by atoms with van der Waals surface area (Å²) in [6.07, 6.45) is 0. The van der Waals surface area contributed by atoms with E-state index in [0.29, 0.717) is 9.60 Å². The van der Waals surface area contributed by atoms with Gasteiger partial charge in [0.1, 0.15) is 0 Å². The minimum Gasteiger partial charge on any atom is -0.142 e. The van der Waals surface area contributed by atoms with E-state index < -0.39 is 0 Å². The first-order valence-electron chi connectivity index (χ1n) is 3.96. The molecule has 70 valence electrons. The molecule has 0 atom stereocenters. The normalized spacial score (nSPS) is 18.0. The monoisotopic (exact) mass is 250 g/mol. The molecular formula is C9H8Cl2S2. The van der Waals surface area contributed by atoms with E-state index >= 15 is 0 Å². The van der Waals surface area contributed by atoms with Gasteiger partial charge in [-0.2, -0.15) is 0 Å². The molecule has 0 N–H and O–H groups in total. The minimum absolute atomic E-state index is 0.478. The molecule has 0 aliphatic carbocycles. The first kappa shape index (κ1) is 10.0. The van der Waals surface area contributed by atoms with Gasteiger partial charge in [0.15, 0.2) is 0 Å². The molecule has 1 saturated heterocycles. The zero-order valence-corrected chi connectivity index (χ0v) is 9.94. The summed E-state index contributed by atoms with van der Waals surface area (Å²) in [6.45, 7) is 0. The predicted molar refractivity (Wildman–Crippen MR) is 64.1 cm³/mol. The average Bonchev–Trinajstić information content (AvgIpc) is 2.62. The lowest BCUT2D eigenvalue weighted by Crippen LogP contribution is -1.86. The van der Waals surface area contributed by atoms with Crippen molar-refractivity contribution in [1.29, 1.82) is 0 Å². The van der Waals surface area contributed by atoms with Crippen LogP contribution in [0, 0.1) is 0 Å². The van der Waals surface area contributed by atoms with Gasteiger partial charge in [0, 0.05) is 11.5 Å². The number of benzene rings is 1. The van der Waals surface area contributed by atoms with Crippen LogP contribution in [0.1, 0.15) is 10.1 Å². The Bertz CT molecular complexity index is 308. The van der Waals surface area contributed by atoms with Crippen LogP contribution in [-0.2, 0) is 0 Å². The molecule has 0 saturated carbocycles. The molecule has 1 fully saturated rings. The van der Waals surface area contributed by atoms with Crippen LogP contribution in [0.5, 0.6) is 0 Å². The molecule has 1 heterocycles. The molecule has 0 nitrogen and oxygen atoms in total. The first-order valence-corrected chi connectivity index (χ1v) is 6.81. The lowest BCUT2D eigenvalue weighted by molar-refractivity contribution is 1.39. The number of halogens is 2. The van der Waals surface area contributed by atoms with Gasteiger partial charge < -0.3 is 0 Å². The summed E-state index contributed by atoms with van der Waals surface area (Å²) in [4.78, 5) is 0. The first-order chi connectivity index (χ1) is 6.29. The van der Waals surface area contributed by atoms with Gasteiger partial charge in [0.2, 0.25) is 0 Å². The summed E-state index contributed by atoms with van der Waals surface area (Å²) in [7, 11) is 0.